The number of rotatable bonds is 1. The van der Waals surface area contributed by atoms with Crippen LogP contribution in [0.3, 0.4) is 0 Å². The monoisotopic (exact) mass is 375 g/mol. The summed E-state index contributed by atoms with van der Waals surface area (Å²) in [5.41, 5.74) is 1.79. The van der Waals surface area contributed by atoms with E-state index in [0.717, 1.165) is 28.0 Å². The van der Waals surface area contributed by atoms with Crippen LogP contribution in [-0.2, 0) is 17.0 Å². The van der Waals surface area contributed by atoms with Crippen molar-refractivity contribution in [1.29, 1.82) is 0 Å². The van der Waals surface area contributed by atoms with E-state index >= 15 is 0 Å². The van der Waals surface area contributed by atoms with Gasteiger partial charge in [-0.3, -0.25) is 10.1 Å². The van der Waals surface area contributed by atoms with Crippen LogP contribution in [-0.4, -0.2) is 15.2 Å². The lowest BCUT2D eigenvalue weighted by atomic mass is 9.78. The van der Waals surface area contributed by atoms with Crippen molar-refractivity contribution in [3.63, 3.8) is 0 Å². The molecule has 0 aliphatic heterocycles. The smallest absolute Gasteiger partial charge is 0.273 e. The van der Waals surface area contributed by atoms with E-state index in [0.29, 0.717) is 5.69 Å². The normalized spacial score (nSPS) is 13.4. The maximum absolute atomic E-state index is 13.0. The maximum Gasteiger partial charge on any atom is 0.432 e. The molecule has 0 spiro atoms. The topological polar surface area (TPSA) is 41.6 Å². The van der Waals surface area contributed by atoms with Crippen LogP contribution in [0.4, 0.5) is 13.2 Å². The quantitative estimate of drug-likeness (QED) is 0.547. The summed E-state index contributed by atoms with van der Waals surface area (Å²) in [6.45, 7) is 12.7. The number of hydrogen-bond donors (Lipinski definition) is 1. The van der Waals surface area contributed by atoms with Crippen molar-refractivity contribution in [2.75, 3.05) is 0 Å². The number of aromatic amines is 1. The second kappa shape index (κ2) is 6.08. The van der Waals surface area contributed by atoms with Crippen molar-refractivity contribution >= 4 is 10.8 Å². The first-order valence-electron chi connectivity index (χ1n) is 8.85. The largest absolute Gasteiger partial charge is 0.432 e. The van der Waals surface area contributed by atoms with Gasteiger partial charge in [0.05, 0.1) is 5.69 Å². The lowest BCUT2D eigenvalue weighted by Gasteiger charge is -2.27. The molecule has 0 radical (unpaired) electrons. The van der Waals surface area contributed by atoms with Crippen LogP contribution in [0, 0.1) is 0 Å². The van der Waals surface area contributed by atoms with Gasteiger partial charge in [-0.15, -0.1) is 0 Å². The number of alkyl halides is 3. The molecule has 1 N–H and O–H groups in total. The van der Waals surface area contributed by atoms with Gasteiger partial charge in [-0.2, -0.15) is 18.3 Å². The number of fused-ring (bicyclic) bond motifs is 1. The van der Waals surface area contributed by atoms with Gasteiger partial charge in [0.1, 0.15) is 11.4 Å². The average molecular weight is 375 g/mol. The summed E-state index contributed by atoms with van der Waals surface area (Å²) in [6.07, 6.45) is -2.84. The number of nitrogens with zero attached hydrogens (tertiary/aromatic N) is 2. The van der Waals surface area contributed by atoms with E-state index in [4.69, 9.17) is 0 Å². The van der Waals surface area contributed by atoms with Crippen LogP contribution in [0.1, 0.15) is 58.4 Å². The molecule has 0 fully saturated rings. The van der Waals surface area contributed by atoms with Gasteiger partial charge in [-0.1, -0.05) is 47.6 Å². The molecule has 2 heterocycles. The molecule has 2 aromatic heterocycles. The third-order valence-corrected chi connectivity index (χ3v) is 4.68. The number of pyridine rings is 1. The highest BCUT2D eigenvalue weighted by atomic mass is 19.4. The predicted octanol–water partition coefficient (Wildman–Crippen LogP) is 6.24. The van der Waals surface area contributed by atoms with E-state index in [1.165, 1.54) is 0 Å². The van der Waals surface area contributed by atoms with Gasteiger partial charge in [0.15, 0.2) is 0 Å². The first-order valence-corrected chi connectivity index (χ1v) is 8.85. The molecule has 0 amide bonds. The van der Waals surface area contributed by atoms with E-state index in [2.05, 4.69) is 62.8 Å². The lowest BCUT2D eigenvalue weighted by molar-refractivity contribution is -0.141. The van der Waals surface area contributed by atoms with Crippen LogP contribution >= 0.6 is 0 Å². The molecular formula is C21H24F3N3. The highest BCUT2D eigenvalue weighted by molar-refractivity contribution is 5.97. The Morgan fingerprint density at radius 2 is 1.52 bits per heavy atom. The second-order valence-corrected chi connectivity index (χ2v) is 8.94. The van der Waals surface area contributed by atoms with Crippen LogP contribution in [0.25, 0.3) is 22.2 Å². The Bertz CT molecular complexity index is 987. The van der Waals surface area contributed by atoms with Crippen molar-refractivity contribution < 1.29 is 13.2 Å². The molecule has 144 valence electrons. The zero-order valence-corrected chi connectivity index (χ0v) is 16.4. The minimum absolute atomic E-state index is 0.107. The van der Waals surface area contributed by atoms with Gasteiger partial charge in [-0.05, 0) is 45.5 Å². The van der Waals surface area contributed by atoms with Gasteiger partial charge in [0, 0.05) is 11.6 Å². The minimum atomic E-state index is -4.47. The second-order valence-electron chi connectivity index (χ2n) is 8.94. The molecule has 6 heteroatoms. The predicted molar refractivity (Wildman–Crippen MR) is 102 cm³/mol. The Labute approximate surface area is 157 Å². The van der Waals surface area contributed by atoms with Gasteiger partial charge in [0.2, 0.25) is 0 Å². The Morgan fingerprint density at radius 3 is 2.04 bits per heavy atom. The molecule has 0 saturated carbocycles. The van der Waals surface area contributed by atoms with Crippen LogP contribution in [0.2, 0.25) is 0 Å². The lowest BCUT2D eigenvalue weighted by Crippen LogP contribution is -2.17. The molecule has 27 heavy (non-hydrogen) atoms. The van der Waals surface area contributed by atoms with Crippen molar-refractivity contribution in [3.8, 4) is 11.4 Å². The Morgan fingerprint density at radius 1 is 0.852 bits per heavy atom. The summed E-state index contributed by atoms with van der Waals surface area (Å²) in [5.74, 6) is 0. The SMILES string of the molecule is CC(C)(C)c1cc(C(C)(C)C)c2ccnc(-c3cc(C(F)(F)F)[nH]n3)c2c1. The fraction of sp³-hybridized carbons (Fsp3) is 0.429. The van der Waals surface area contributed by atoms with Crippen molar-refractivity contribution in [2.45, 2.75) is 58.5 Å². The Balaban J connectivity index is 2.34. The molecule has 0 atom stereocenters. The number of aromatic nitrogens is 3. The average Bonchev–Trinajstić information content (AvgIpc) is 3.01. The van der Waals surface area contributed by atoms with Crippen LogP contribution in [0.5, 0.6) is 0 Å². The summed E-state index contributed by atoms with van der Waals surface area (Å²) in [5, 5.41) is 7.76. The van der Waals surface area contributed by atoms with E-state index in [-0.39, 0.29) is 16.5 Å². The highest BCUT2D eigenvalue weighted by Gasteiger charge is 2.33. The molecule has 3 nitrogen and oxygen atoms in total. The molecule has 0 bridgehead atoms. The Hall–Kier alpha value is -2.37. The summed E-state index contributed by atoms with van der Waals surface area (Å²) in [4.78, 5) is 4.37. The van der Waals surface area contributed by atoms with Crippen molar-refractivity contribution in [1.82, 2.24) is 15.2 Å². The van der Waals surface area contributed by atoms with E-state index < -0.39 is 11.9 Å². The third kappa shape index (κ3) is 3.70. The summed E-state index contributed by atoms with van der Waals surface area (Å²) >= 11 is 0. The number of nitrogens with one attached hydrogen (secondary N) is 1. The summed E-state index contributed by atoms with van der Waals surface area (Å²) in [6, 6.07) is 7.15. The standard InChI is InChI=1S/C21H24F3N3/c1-19(2,3)12-9-14-13(15(10-12)20(4,5)6)7-8-25-18(14)16-11-17(27-26-16)21(22,23)24/h7-11H,1-6H3,(H,26,27). The summed E-state index contributed by atoms with van der Waals surface area (Å²) < 4.78 is 38.9. The first kappa shape index (κ1) is 19.4. The van der Waals surface area contributed by atoms with E-state index in [1.54, 1.807) is 6.20 Å². The molecule has 0 saturated heterocycles. The van der Waals surface area contributed by atoms with Crippen molar-refractivity contribution in [3.05, 3.63) is 47.3 Å². The molecule has 0 unspecified atom stereocenters. The zero-order chi connectivity index (χ0) is 20.2. The van der Waals surface area contributed by atoms with Crippen LogP contribution in [0.15, 0.2) is 30.5 Å². The number of halogens is 3. The molecule has 0 aliphatic rings. The first-order chi connectivity index (χ1) is 12.3. The number of hydrogen-bond acceptors (Lipinski definition) is 2. The molecule has 3 rings (SSSR count). The number of H-pyrrole nitrogens is 1. The van der Waals surface area contributed by atoms with Gasteiger partial charge >= 0.3 is 6.18 Å². The minimum Gasteiger partial charge on any atom is -0.273 e. The fourth-order valence-electron chi connectivity index (χ4n) is 3.13. The molecule has 1 aromatic carbocycles. The molecular weight excluding hydrogens is 351 g/mol. The van der Waals surface area contributed by atoms with Crippen LogP contribution < -0.4 is 0 Å². The van der Waals surface area contributed by atoms with E-state index in [1.807, 2.05) is 12.1 Å². The number of benzene rings is 1. The highest BCUT2D eigenvalue weighted by Crippen LogP contribution is 2.38. The molecule has 0 aliphatic carbocycles. The third-order valence-electron chi connectivity index (χ3n) is 4.68. The Kier molecular flexibility index (Phi) is 4.36. The summed E-state index contributed by atoms with van der Waals surface area (Å²) in [7, 11) is 0. The van der Waals surface area contributed by atoms with Gasteiger partial charge in [0.25, 0.3) is 0 Å². The van der Waals surface area contributed by atoms with E-state index in [9.17, 15) is 13.2 Å². The fourth-order valence-corrected chi connectivity index (χ4v) is 3.13. The zero-order valence-electron chi connectivity index (χ0n) is 16.4. The molecule has 3 aromatic rings. The van der Waals surface area contributed by atoms with Crippen molar-refractivity contribution in [2.24, 2.45) is 0 Å². The maximum atomic E-state index is 13.0. The van der Waals surface area contributed by atoms with Gasteiger partial charge < -0.3 is 0 Å². The van der Waals surface area contributed by atoms with Gasteiger partial charge in [-0.25, -0.2) is 0 Å².